The largest absolute Gasteiger partial charge is 0.394 e. The monoisotopic (exact) mass is 342 g/mol. The molecule has 0 amide bonds. The highest BCUT2D eigenvalue weighted by atomic mass is 16.7. The summed E-state index contributed by atoms with van der Waals surface area (Å²) in [5.41, 5.74) is 0. The molecule has 2 saturated heterocycles. The summed E-state index contributed by atoms with van der Waals surface area (Å²) in [6.45, 7) is -1.10. The predicted molar refractivity (Wildman–Crippen MR) is 68.6 cm³/mol. The molecule has 2 aliphatic heterocycles. The maximum atomic E-state index is 9.78. The van der Waals surface area contributed by atoms with Crippen LogP contribution in [0.2, 0.25) is 0 Å². The van der Waals surface area contributed by atoms with E-state index in [0.29, 0.717) is 0 Å². The van der Waals surface area contributed by atoms with Gasteiger partial charge >= 0.3 is 0 Å². The standard InChI is InChI=1S/C12H22O11/c13-1-3-5(14)8(17)10(19)12(23-3)21-2-4-6(15)7(16)9(18)11(20)22-4/h3-20H,1-2H2/t3-,4-,5-,6-,7+,8+,9+,10-,11-,12+/m1/s1. The normalized spacial score (nSPS) is 51.7. The third-order valence-electron chi connectivity index (χ3n) is 3.96. The Kier molecular flexibility index (Phi) is 6.27. The van der Waals surface area contributed by atoms with Crippen LogP contribution in [0.1, 0.15) is 0 Å². The van der Waals surface area contributed by atoms with E-state index in [0.717, 1.165) is 0 Å². The Morgan fingerprint density at radius 3 is 1.83 bits per heavy atom. The molecular formula is C12H22O11. The summed E-state index contributed by atoms with van der Waals surface area (Å²) in [6.07, 6.45) is -15.3. The van der Waals surface area contributed by atoms with Gasteiger partial charge in [-0.2, -0.15) is 0 Å². The van der Waals surface area contributed by atoms with Gasteiger partial charge in [0.2, 0.25) is 0 Å². The van der Waals surface area contributed by atoms with Gasteiger partial charge in [0.15, 0.2) is 12.6 Å². The molecule has 23 heavy (non-hydrogen) atoms. The average Bonchev–Trinajstić information content (AvgIpc) is 2.54. The first-order valence-corrected chi connectivity index (χ1v) is 7.07. The molecule has 0 aromatic heterocycles. The lowest BCUT2D eigenvalue weighted by atomic mass is 9.98. The van der Waals surface area contributed by atoms with Gasteiger partial charge in [0.05, 0.1) is 13.2 Å². The molecule has 0 spiro atoms. The zero-order valence-electron chi connectivity index (χ0n) is 12.0. The second kappa shape index (κ2) is 7.63. The molecule has 0 bridgehead atoms. The zero-order valence-corrected chi connectivity index (χ0v) is 12.0. The van der Waals surface area contributed by atoms with Crippen molar-refractivity contribution in [3.05, 3.63) is 0 Å². The maximum absolute atomic E-state index is 9.78. The van der Waals surface area contributed by atoms with Gasteiger partial charge < -0.3 is 55.1 Å². The van der Waals surface area contributed by atoms with Gasteiger partial charge in [-0.15, -0.1) is 0 Å². The minimum atomic E-state index is -1.74. The first-order valence-electron chi connectivity index (χ1n) is 7.07. The van der Waals surface area contributed by atoms with E-state index in [9.17, 15) is 35.7 Å². The van der Waals surface area contributed by atoms with E-state index in [1.165, 1.54) is 0 Å². The van der Waals surface area contributed by atoms with E-state index in [1.807, 2.05) is 0 Å². The first-order chi connectivity index (χ1) is 10.8. The molecule has 2 aliphatic rings. The lowest BCUT2D eigenvalue weighted by Crippen LogP contribution is -2.61. The second-order valence-electron chi connectivity index (χ2n) is 5.57. The summed E-state index contributed by atoms with van der Waals surface area (Å²) in [5.74, 6) is 0. The van der Waals surface area contributed by atoms with E-state index in [2.05, 4.69) is 0 Å². The molecule has 0 saturated carbocycles. The predicted octanol–water partition coefficient (Wildman–Crippen LogP) is -5.40. The van der Waals surface area contributed by atoms with Gasteiger partial charge in [0.25, 0.3) is 0 Å². The highest BCUT2D eigenvalue weighted by Crippen LogP contribution is 2.24. The minimum absolute atomic E-state index is 0.468. The van der Waals surface area contributed by atoms with E-state index in [4.69, 9.17) is 19.3 Å². The van der Waals surface area contributed by atoms with E-state index in [1.54, 1.807) is 0 Å². The van der Waals surface area contributed by atoms with Crippen molar-refractivity contribution in [3.63, 3.8) is 0 Å². The molecule has 0 unspecified atom stereocenters. The van der Waals surface area contributed by atoms with Gasteiger partial charge in [-0.3, -0.25) is 0 Å². The Balaban J connectivity index is 1.94. The summed E-state index contributed by atoms with van der Waals surface area (Å²) in [6, 6.07) is 0. The summed E-state index contributed by atoms with van der Waals surface area (Å²) < 4.78 is 15.1. The van der Waals surface area contributed by atoms with Crippen LogP contribution in [0.3, 0.4) is 0 Å². The summed E-state index contributed by atoms with van der Waals surface area (Å²) in [7, 11) is 0. The molecular weight excluding hydrogens is 320 g/mol. The van der Waals surface area contributed by atoms with Gasteiger partial charge in [0, 0.05) is 0 Å². The number of hydrogen-bond acceptors (Lipinski definition) is 11. The van der Waals surface area contributed by atoms with Crippen molar-refractivity contribution in [2.45, 2.75) is 61.4 Å². The Bertz CT molecular complexity index is 380. The summed E-state index contributed by atoms with van der Waals surface area (Å²) in [4.78, 5) is 0. The minimum Gasteiger partial charge on any atom is -0.394 e. The van der Waals surface area contributed by atoms with Crippen LogP contribution in [0.25, 0.3) is 0 Å². The number of aliphatic hydroxyl groups is 8. The lowest BCUT2D eigenvalue weighted by Gasteiger charge is -2.41. The molecule has 8 N–H and O–H groups in total. The van der Waals surface area contributed by atoms with Crippen LogP contribution in [0.5, 0.6) is 0 Å². The molecule has 0 aromatic rings. The molecule has 136 valence electrons. The van der Waals surface area contributed by atoms with Crippen LogP contribution in [-0.4, -0.2) is 115 Å². The van der Waals surface area contributed by atoms with E-state index in [-0.39, 0.29) is 0 Å². The highest BCUT2D eigenvalue weighted by molar-refractivity contribution is 4.91. The fraction of sp³-hybridized carbons (Fsp3) is 1.00. The van der Waals surface area contributed by atoms with Crippen LogP contribution in [0.4, 0.5) is 0 Å². The molecule has 2 fully saturated rings. The van der Waals surface area contributed by atoms with Crippen LogP contribution in [0.15, 0.2) is 0 Å². The van der Waals surface area contributed by atoms with Crippen LogP contribution in [-0.2, 0) is 14.2 Å². The second-order valence-corrected chi connectivity index (χ2v) is 5.57. The summed E-state index contributed by atoms with van der Waals surface area (Å²) in [5, 5.41) is 76.1. The molecule has 0 radical (unpaired) electrons. The zero-order chi connectivity index (χ0) is 17.3. The fourth-order valence-corrected chi connectivity index (χ4v) is 2.46. The van der Waals surface area contributed by atoms with Crippen LogP contribution >= 0.6 is 0 Å². The molecule has 0 aromatic carbocycles. The van der Waals surface area contributed by atoms with Crippen LogP contribution in [0, 0.1) is 0 Å². The summed E-state index contributed by atoms with van der Waals surface area (Å²) >= 11 is 0. The Hall–Kier alpha value is -0.440. The van der Waals surface area contributed by atoms with Crippen molar-refractivity contribution >= 4 is 0 Å². The van der Waals surface area contributed by atoms with Crippen molar-refractivity contribution < 1.29 is 55.1 Å². The van der Waals surface area contributed by atoms with Crippen LogP contribution < -0.4 is 0 Å². The Morgan fingerprint density at radius 1 is 0.652 bits per heavy atom. The molecule has 11 heteroatoms. The Labute approximate surface area is 130 Å². The quantitative estimate of drug-likeness (QED) is 0.243. The Morgan fingerprint density at radius 2 is 1.22 bits per heavy atom. The first kappa shape index (κ1) is 18.9. The average molecular weight is 342 g/mol. The SMILES string of the molecule is OC[C@H]1O[C@H](OC[C@H]2O[C@@H](O)[C@@H](O)[C@@H](O)[C@@H]2O)[C@H](O)[C@@H](O)[C@@H]1O. The number of ether oxygens (including phenoxy) is 3. The van der Waals surface area contributed by atoms with E-state index < -0.39 is 74.6 Å². The van der Waals surface area contributed by atoms with Gasteiger partial charge in [0.1, 0.15) is 48.8 Å². The smallest absolute Gasteiger partial charge is 0.186 e. The highest BCUT2D eigenvalue weighted by Gasteiger charge is 2.46. The third kappa shape index (κ3) is 3.81. The van der Waals surface area contributed by atoms with Crippen molar-refractivity contribution in [2.75, 3.05) is 13.2 Å². The van der Waals surface area contributed by atoms with Crippen molar-refractivity contribution in [1.29, 1.82) is 0 Å². The van der Waals surface area contributed by atoms with Gasteiger partial charge in [-0.05, 0) is 0 Å². The lowest BCUT2D eigenvalue weighted by molar-refractivity contribution is -0.325. The number of aliphatic hydroxyl groups excluding tert-OH is 8. The van der Waals surface area contributed by atoms with Gasteiger partial charge in [-0.25, -0.2) is 0 Å². The molecule has 11 nitrogen and oxygen atoms in total. The van der Waals surface area contributed by atoms with E-state index >= 15 is 0 Å². The van der Waals surface area contributed by atoms with Crippen molar-refractivity contribution in [1.82, 2.24) is 0 Å². The fourth-order valence-electron chi connectivity index (χ4n) is 2.46. The molecule has 10 atom stereocenters. The maximum Gasteiger partial charge on any atom is 0.186 e. The van der Waals surface area contributed by atoms with Crippen molar-refractivity contribution in [3.8, 4) is 0 Å². The van der Waals surface area contributed by atoms with Crippen molar-refractivity contribution in [2.24, 2.45) is 0 Å². The molecule has 2 heterocycles. The number of hydrogen-bond donors (Lipinski definition) is 8. The topological polar surface area (TPSA) is 190 Å². The number of rotatable bonds is 4. The van der Waals surface area contributed by atoms with Gasteiger partial charge in [-0.1, -0.05) is 0 Å². The molecule has 0 aliphatic carbocycles. The third-order valence-corrected chi connectivity index (χ3v) is 3.96. The molecule has 2 rings (SSSR count).